The van der Waals surface area contributed by atoms with Gasteiger partial charge in [0.25, 0.3) is 0 Å². The third kappa shape index (κ3) is 5.12. The molecular formula is C53H43N3O5. The fourth-order valence-electron chi connectivity index (χ4n) is 11.2. The number of methoxy groups -OCH3 is 1. The number of ketones is 2. The smallest absolute Gasteiger partial charge is 0.404 e. The van der Waals surface area contributed by atoms with Crippen LogP contribution in [0.5, 0.6) is 0 Å². The Kier molecular flexibility index (Phi) is 9.00. The Balaban J connectivity index is 1.45. The van der Waals surface area contributed by atoms with Crippen molar-refractivity contribution in [1.82, 2.24) is 9.47 Å². The van der Waals surface area contributed by atoms with E-state index in [0.717, 1.165) is 33.4 Å². The van der Waals surface area contributed by atoms with E-state index in [4.69, 9.17) is 15.2 Å². The molecule has 1 amide bonds. The van der Waals surface area contributed by atoms with Gasteiger partial charge in [-0.3, -0.25) is 14.5 Å². The third-order valence-corrected chi connectivity index (χ3v) is 13.2. The zero-order chi connectivity index (χ0) is 41.9. The number of nitrogens with two attached hydrogens (primary N) is 1. The summed E-state index contributed by atoms with van der Waals surface area (Å²) in [5, 5.41) is 0. The average molecular weight is 802 g/mol. The van der Waals surface area contributed by atoms with Gasteiger partial charge in [0.2, 0.25) is 11.6 Å². The number of benzene rings is 6. The van der Waals surface area contributed by atoms with Crippen molar-refractivity contribution in [3.05, 3.63) is 249 Å². The number of Topliss-reactive ketones (excluding diaryl/α,β-unsaturated/α-hetero) is 2. The first-order chi connectivity index (χ1) is 29.8. The Morgan fingerprint density at radius 1 is 0.639 bits per heavy atom. The van der Waals surface area contributed by atoms with Crippen LogP contribution in [0.1, 0.15) is 72.4 Å². The molecule has 8 nitrogen and oxygen atoms in total. The Bertz CT molecular complexity index is 2650. The van der Waals surface area contributed by atoms with Gasteiger partial charge < -0.3 is 19.8 Å². The molecule has 2 N–H and O–H groups in total. The molecule has 0 saturated carbocycles. The number of hydrogen-bond donors (Lipinski definition) is 1. The number of aromatic nitrogens is 1. The van der Waals surface area contributed by atoms with E-state index < -0.39 is 28.4 Å². The molecule has 3 heterocycles. The fourth-order valence-corrected chi connectivity index (χ4v) is 11.2. The van der Waals surface area contributed by atoms with Crippen LogP contribution in [0.25, 0.3) is 0 Å². The van der Waals surface area contributed by atoms with Crippen LogP contribution in [0.3, 0.4) is 0 Å². The van der Waals surface area contributed by atoms with Gasteiger partial charge in [-0.25, -0.2) is 4.79 Å². The second-order valence-electron chi connectivity index (χ2n) is 15.9. The number of fused-ring (bicyclic) bond motifs is 5. The van der Waals surface area contributed by atoms with Gasteiger partial charge in [0.1, 0.15) is 12.3 Å². The standard InChI is InChI=1S/C53H43N3O5/c1-35-46(57)45-44(47(58)48(35)60-2)42(34-61-50(54)59)49-53(51(36-21-9-3-10-22-36,37-23-11-4-12-24-37)38-25-13-5-14-26-38)43(33-55(45)49)56(53)52(39-27-15-6-16-28-39,40-29-17-7-18-30-40)41-31-19-8-20-32-41/h3-32,43H,33-34H2,1-2H3,(H2,54,59)/t43-,53-,56?/m0/s1. The summed E-state index contributed by atoms with van der Waals surface area (Å²) in [6, 6.07) is 62.8. The van der Waals surface area contributed by atoms with E-state index in [1.807, 2.05) is 41.0 Å². The van der Waals surface area contributed by atoms with Crippen molar-refractivity contribution < 1.29 is 23.9 Å². The highest BCUT2D eigenvalue weighted by Crippen LogP contribution is 2.75. The molecule has 8 heteroatoms. The van der Waals surface area contributed by atoms with Gasteiger partial charge in [0.05, 0.1) is 35.2 Å². The first-order valence-electron chi connectivity index (χ1n) is 20.5. The molecule has 0 spiro atoms. The van der Waals surface area contributed by atoms with Gasteiger partial charge in [-0.1, -0.05) is 182 Å². The number of carbonyl (C=O) groups excluding carboxylic acids is 3. The molecule has 0 bridgehead atoms. The zero-order valence-electron chi connectivity index (χ0n) is 33.8. The lowest BCUT2D eigenvalue weighted by molar-refractivity contribution is 0.0899. The van der Waals surface area contributed by atoms with Crippen LogP contribution in [-0.2, 0) is 39.1 Å². The lowest BCUT2D eigenvalue weighted by Crippen LogP contribution is -2.51. The summed E-state index contributed by atoms with van der Waals surface area (Å²) in [6.45, 7) is 1.62. The molecule has 1 fully saturated rings. The predicted molar refractivity (Wildman–Crippen MR) is 233 cm³/mol. The molecule has 1 unspecified atom stereocenters. The zero-order valence-corrected chi connectivity index (χ0v) is 33.8. The molecule has 61 heavy (non-hydrogen) atoms. The molecule has 3 aliphatic rings. The Morgan fingerprint density at radius 3 is 1.41 bits per heavy atom. The number of ether oxygens (including phenoxy) is 2. The van der Waals surface area contributed by atoms with Crippen LogP contribution in [0.2, 0.25) is 0 Å². The van der Waals surface area contributed by atoms with Gasteiger partial charge >= 0.3 is 6.09 Å². The molecule has 10 rings (SSSR count). The van der Waals surface area contributed by atoms with Crippen LogP contribution in [0, 0.1) is 0 Å². The summed E-state index contributed by atoms with van der Waals surface area (Å²) in [5.41, 5.74) is 10.6. The number of amides is 1. The van der Waals surface area contributed by atoms with Gasteiger partial charge in [-0.05, 0) is 40.3 Å². The second-order valence-corrected chi connectivity index (χ2v) is 15.9. The largest absolute Gasteiger partial charge is 0.492 e. The summed E-state index contributed by atoms with van der Waals surface area (Å²) in [4.78, 5) is 45.0. The lowest BCUT2D eigenvalue weighted by Gasteiger charge is -2.48. The van der Waals surface area contributed by atoms with Crippen molar-refractivity contribution in [2.24, 2.45) is 5.73 Å². The minimum absolute atomic E-state index is 0.0343. The quantitative estimate of drug-likeness (QED) is 0.103. The number of carbonyl (C=O) groups is 3. The average Bonchev–Trinajstić information content (AvgIpc) is 3.63. The predicted octanol–water partition coefficient (Wildman–Crippen LogP) is 9.30. The van der Waals surface area contributed by atoms with Crippen molar-refractivity contribution in [2.45, 2.75) is 42.6 Å². The Labute approximate surface area is 354 Å². The first-order valence-corrected chi connectivity index (χ1v) is 20.5. The van der Waals surface area contributed by atoms with E-state index >= 15 is 0 Å². The number of hydrogen-bond acceptors (Lipinski definition) is 6. The maximum atomic E-state index is 14.9. The molecule has 7 aromatic rings. The van der Waals surface area contributed by atoms with Crippen molar-refractivity contribution >= 4 is 17.7 Å². The second kappa shape index (κ2) is 14.5. The minimum Gasteiger partial charge on any atom is -0.492 e. The maximum Gasteiger partial charge on any atom is 0.404 e. The van der Waals surface area contributed by atoms with Crippen molar-refractivity contribution in [1.29, 1.82) is 0 Å². The Hall–Kier alpha value is -7.29. The summed E-state index contributed by atoms with van der Waals surface area (Å²) >= 11 is 0. The third-order valence-electron chi connectivity index (χ3n) is 13.2. The molecule has 0 radical (unpaired) electrons. The van der Waals surface area contributed by atoms with Gasteiger partial charge in [0.15, 0.2) is 5.76 Å². The molecule has 3 atom stereocenters. The van der Waals surface area contributed by atoms with Crippen LogP contribution >= 0.6 is 0 Å². The van der Waals surface area contributed by atoms with Gasteiger partial charge in [-0.15, -0.1) is 0 Å². The summed E-state index contributed by atoms with van der Waals surface area (Å²) < 4.78 is 13.5. The van der Waals surface area contributed by atoms with E-state index in [2.05, 4.69) is 150 Å². The molecular weight excluding hydrogens is 759 g/mol. The summed E-state index contributed by atoms with van der Waals surface area (Å²) in [6.07, 6.45) is -0.995. The summed E-state index contributed by atoms with van der Waals surface area (Å²) in [7, 11) is 1.40. The first kappa shape index (κ1) is 37.9. The van der Waals surface area contributed by atoms with Crippen LogP contribution in [0.4, 0.5) is 4.79 Å². The van der Waals surface area contributed by atoms with Crippen LogP contribution in [-0.4, -0.2) is 40.3 Å². The molecule has 300 valence electrons. The molecule has 6 aromatic carbocycles. The van der Waals surface area contributed by atoms with E-state index in [-0.39, 0.29) is 41.0 Å². The lowest BCUT2D eigenvalue weighted by atomic mass is 9.58. The highest BCUT2D eigenvalue weighted by Gasteiger charge is 2.83. The topological polar surface area (TPSA) is 104 Å². The van der Waals surface area contributed by atoms with Crippen molar-refractivity contribution in [3.63, 3.8) is 0 Å². The number of rotatable bonds is 11. The molecule has 2 aliphatic heterocycles. The molecule has 1 aliphatic carbocycles. The number of primary amides is 1. The highest BCUT2D eigenvalue weighted by atomic mass is 16.5. The van der Waals surface area contributed by atoms with Crippen molar-refractivity contribution in [3.8, 4) is 0 Å². The van der Waals surface area contributed by atoms with E-state index in [1.54, 1.807) is 6.92 Å². The van der Waals surface area contributed by atoms with Crippen LogP contribution < -0.4 is 5.73 Å². The normalized spacial score (nSPS) is 19.2. The van der Waals surface area contributed by atoms with E-state index in [9.17, 15) is 14.4 Å². The van der Waals surface area contributed by atoms with Crippen molar-refractivity contribution in [2.75, 3.05) is 7.11 Å². The molecule has 1 saturated heterocycles. The Morgan fingerprint density at radius 2 is 1.03 bits per heavy atom. The highest BCUT2D eigenvalue weighted by molar-refractivity contribution is 6.26. The SMILES string of the molecule is COC1=C(C)C(=O)c2c(c(COC(N)=O)c3n2C[C@@H]2N(C(c4ccccc4)(c4ccccc4)c4ccccc4)[C@]32C(c2ccccc2)(c2ccccc2)c2ccccc2)C1=O. The minimum atomic E-state index is -1.10. The molecule has 1 aromatic heterocycles. The van der Waals surface area contributed by atoms with Gasteiger partial charge in [-0.2, -0.15) is 0 Å². The van der Waals surface area contributed by atoms with E-state index in [0.29, 0.717) is 17.8 Å². The monoisotopic (exact) mass is 801 g/mol. The summed E-state index contributed by atoms with van der Waals surface area (Å²) in [5.74, 6) is -0.789. The van der Waals surface area contributed by atoms with Gasteiger partial charge in [0, 0.05) is 23.4 Å². The van der Waals surface area contributed by atoms with E-state index in [1.165, 1.54) is 7.11 Å². The number of nitrogens with zero attached hydrogens (tertiary/aromatic N) is 2. The maximum absolute atomic E-state index is 14.9. The fraction of sp³-hybridized carbons (Fsp3) is 0.151. The van der Waals surface area contributed by atoms with Crippen LogP contribution in [0.15, 0.2) is 193 Å². The number of allylic oxidation sites excluding steroid dienone is 2.